The largest absolute Gasteiger partial charge is 0.399 e. The minimum Gasteiger partial charge on any atom is -0.399 e. The molecule has 0 heterocycles. The number of sulfonamides is 1. The molecule has 0 aliphatic heterocycles. The first-order chi connectivity index (χ1) is 8.61. The zero-order chi connectivity index (χ0) is 14.8. The summed E-state index contributed by atoms with van der Waals surface area (Å²) in [7, 11) is -3.86. The van der Waals surface area contributed by atoms with Crippen LogP contribution in [0, 0.1) is 0 Å². The van der Waals surface area contributed by atoms with Gasteiger partial charge in [-0.2, -0.15) is 0 Å². The SMILES string of the molecule is CC(C)N(CC(N)=O)c1cc(N)cc(S(N)(=O)=O)c1. The Hall–Kier alpha value is -1.80. The average molecular weight is 286 g/mol. The Morgan fingerprint density at radius 3 is 2.32 bits per heavy atom. The van der Waals surface area contributed by atoms with E-state index in [1.807, 2.05) is 13.8 Å². The van der Waals surface area contributed by atoms with Crippen molar-refractivity contribution in [1.82, 2.24) is 0 Å². The van der Waals surface area contributed by atoms with Crippen LogP contribution >= 0.6 is 0 Å². The average Bonchev–Trinajstić information content (AvgIpc) is 2.23. The molecule has 7 nitrogen and oxygen atoms in total. The molecule has 8 heteroatoms. The van der Waals surface area contributed by atoms with E-state index in [1.165, 1.54) is 12.1 Å². The maximum atomic E-state index is 11.4. The van der Waals surface area contributed by atoms with Crippen molar-refractivity contribution in [2.75, 3.05) is 17.2 Å². The third-order valence-corrected chi connectivity index (χ3v) is 3.42. The maximum Gasteiger partial charge on any atom is 0.238 e. The molecule has 106 valence electrons. The third-order valence-electron chi connectivity index (χ3n) is 2.52. The fourth-order valence-corrected chi connectivity index (χ4v) is 2.26. The Bertz CT molecular complexity index is 584. The number of rotatable bonds is 5. The molecule has 1 aromatic rings. The van der Waals surface area contributed by atoms with Crippen LogP contribution in [-0.4, -0.2) is 26.9 Å². The number of nitrogens with zero attached hydrogens (tertiary/aromatic N) is 1. The van der Waals surface area contributed by atoms with E-state index in [0.29, 0.717) is 5.69 Å². The number of anilines is 2. The molecule has 0 aromatic heterocycles. The lowest BCUT2D eigenvalue weighted by Crippen LogP contribution is -2.38. The molecule has 0 fully saturated rings. The van der Waals surface area contributed by atoms with Gasteiger partial charge in [0.2, 0.25) is 15.9 Å². The summed E-state index contributed by atoms with van der Waals surface area (Å²) in [6.07, 6.45) is 0. The first-order valence-corrected chi connectivity index (χ1v) is 7.14. The van der Waals surface area contributed by atoms with E-state index >= 15 is 0 Å². The number of carbonyl (C=O) groups is 1. The number of benzene rings is 1. The quantitative estimate of drug-likeness (QED) is 0.634. The number of nitrogen functional groups attached to an aromatic ring is 1. The van der Waals surface area contributed by atoms with Gasteiger partial charge in [-0.3, -0.25) is 4.79 Å². The number of primary amides is 1. The molecule has 1 rings (SSSR count). The van der Waals surface area contributed by atoms with Gasteiger partial charge in [-0.25, -0.2) is 13.6 Å². The Morgan fingerprint density at radius 1 is 1.32 bits per heavy atom. The molecule has 1 amide bonds. The smallest absolute Gasteiger partial charge is 0.238 e. The van der Waals surface area contributed by atoms with E-state index in [-0.39, 0.29) is 23.2 Å². The van der Waals surface area contributed by atoms with Gasteiger partial charge in [0, 0.05) is 17.4 Å². The number of amides is 1. The molecule has 0 radical (unpaired) electrons. The molecule has 19 heavy (non-hydrogen) atoms. The van der Waals surface area contributed by atoms with E-state index < -0.39 is 15.9 Å². The van der Waals surface area contributed by atoms with Crippen LogP contribution in [0.2, 0.25) is 0 Å². The normalized spacial score (nSPS) is 11.6. The van der Waals surface area contributed by atoms with Gasteiger partial charge in [0.05, 0.1) is 11.4 Å². The molecule has 1 aromatic carbocycles. The maximum absolute atomic E-state index is 11.4. The molecular formula is C11H18N4O3S. The summed E-state index contributed by atoms with van der Waals surface area (Å²) >= 11 is 0. The molecule has 0 bridgehead atoms. The summed E-state index contributed by atoms with van der Waals surface area (Å²) in [6.45, 7) is 3.66. The minimum absolute atomic E-state index is 0.0365. The molecular weight excluding hydrogens is 268 g/mol. The second kappa shape index (κ2) is 5.45. The van der Waals surface area contributed by atoms with Gasteiger partial charge < -0.3 is 16.4 Å². The van der Waals surface area contributed by atoms with E-state index in [1.54, 1.807) is 11.0 Å². The molecule has 0 aliphatic carbocycles. The van der Waals surface area contributed by atoms with Gasteiger partial charge in [-0.05, 0) is 32.0 Å². The van der Waals surface area contributed by atoms with Gasteiger partial charge in [-0.15, -0.1) is 0 Å². The molecule has 0 unspecified atom stereocenters. The second-order valence-corrected chi connectivity index (χ2v) is 6.05. The van der Waals surface area contributed by atoms with E-state index in [9.17, 15) is 13.2 Å². The topological polar surface area (TPSA) is 133 Å². The molecule has 0 atom stereocenters. The van der Waals surface area contributed by atoms with Gasteiger partial charge in [0.15, 0.2) is 0 Å². The Balaban J connectivity index is 3.31. The molecule has 0 aliphatic rings. The predicted molar refractivity (Wildman–Crippen MR) is 73.9 cm³/mol. The lowest BCUT2D eigenvalue weighted by atomic mass is 10.2. The van der Waals surface area contributed by atoms with Crippen molar-refractivity contribution in [3.8, 4) is 0 Å². The van der Waals surface area contributed by atoms with Crippen molar-refractivity contribution in [1.29, 1.82) is 0 Å². The van der Waals surface area contributed by atoms with Crippen molar-refractivity contribution < 1.29 is 13.2 Å². The summed E-state index contributed by atoms with van der Waals surface area (Å²) < 4.78 is 22.7. The summed E-state index contributed by atoms with van der Waals surface area (Å²) in [5.74, 6) is -0.520. The van der Waals surface area contributed by atoms with Crippen molar-refractivity contribution >= 4 is 27.3 Å². The number of primary sulfonamides is 1. The molecule has 0 spiro atoms. The van der Waals surface area contributed by atoms with E-state index in [0.717, 1.165) is 0 Å². The second-order valence-electron chi connectivity index (χ2n) is 4.49. The molecule has 0 saturated carbocycles. The zero-order valence-electron chi connectivity index (χ0n) is 10.8. The summed E-state index contributed by atoms with van der Waals surface area (Å²) in [6, 6.07) is 4.15. The van der Waals surface area contributed by atoms with Crippen molar-refractivity contribution in [3.63, 3.8) is 0 Å². The van der Waals surface area contributed by atoms with Crippen LogP contribution in [0.4, 0.5) is 11.4 Å². The van der Waals surface area contributed by atoms with Crippen LogP contribution < -0.4 is 21.5 Å². The van der Waals surface area contributed by atoms with Gasteiger partial charge in [-0.1, -0.05) is 0 Å². The standard InChI is InChI=1S/C11H18N4O3S/c1-7(2)15(6-11(13)16)9-3-8(12)4-10(5-9)19(14,17)18/h3-5,7H,6,12H2,1-2H3,(H2,13,16)(H2,14,17,18). The highest BCUT2D eigenvalue weighted by atomic mass is 32.2. The number of carbonyl (C=O) groups excluding carboxylic acids is 1. The van der Waals surface area contributed by atoms with Gasteiger partial charge >= 0.3 is 0 Å². The number of hydrogen-bond acceptors (Lipinski definition) is 5. The summed E-state index contributed by atoms with van der Waals surface area (Å²) in [5.41, 5.74) is 11.6. The highest BCUT2D eigenvalue weighted by Crippen LogP contribution is 2.24. The van der Waals surface area contributed by atoms with Crippen LogP contribution in [0.5, 0.6) is 0 Å². The van der Waals surface area contributed by atoms with E-state index in [4.69, 9.17) is 16.6 Å². The third kappa shape index (κ3) is 4.11. The fourth-order valence-electron chi connectivity index (χ4n) is 1.68. The van der Waals surface area contributed by atoms with Crippen LogP contribution in [0.15, 0.2) is 23.1 Å². The first kappa shape index (κ1) is 15.3. The van der Waals surface area contributed by atoms with Gasteiger partial charge in [0.25, 0.3) is 0 Å². The molecule has 0 saturated heterocycles. The number of hydrogen-bond donors (Lipinski definition) is 3. The van der Waals surface area contributed by atoms with Crippen LogP contribution in [0.1, 0.15) is 13.8 Å². The van der Waals surface area contributed by atoms with Crippen LogP contribution in [0.3, 0.4) is 0 Å². The fraction of sp³-hybridized carbons (Fsp3) is 0.364. The first-order valence-electron chi connectivity index (χ1n) is 5.59. The highest BCUT2D eigenvalue weighted by Gasteiger charge is 2.17. The van der Waals surface area contributed by atoms with Crippen LogP contribution in [-0.2, 0) is 14.8 Å². The van der Waals surface area contributed by atoms with Crippen molar-refractivity contribution in [2.45, 2.75) is 24.8 Å². The van der Waals surface area contributed by atoms with Gasteiger partial charge in [0.1, 0.15) is 0 Å². The molecule has 6 N–H and O–H groups in total. The lowest BCUT2D eigenvalue weighted by Gasteiger charge is -2.28. The summed E-state index contributed by atoms with van der Waals surface area (Å²) in [4.78, 5) is 12.6. The van der Waals surface area contributed by atoms with E-state index in [2.05, 4.69) is 0 Å². The van der Waals surface area contributed by atoms with Crippen molar-refractivity contribution in [2.24, 2.45) is 10.9 Å². The lowest BCUT2D eigenvalue weighted by molar-refractivity contribution is -0.116. The van der Waals surface area contributed by atoms with Crippen molar-refractivity contribution in [3.05, 3.63) is 18.2 Å². The highest BCUT2D eigenvalue weighted by molar-refractivity contribution is 7.89. The zero-order valence-corrected chi connectivity index (χ0v) is 11.6. The van der Waals surface area contributed by atoms with Crippen LogP contribution in [0.25, 0.3) is 0 Å². The minimum atomic E-state index is -3.86. The Labute approximate surface area is 112 Å². The summed E-state index contributed by atoms with van der Waals surface area (Å²) in [5, 5.41) is 5.08. The Kier molecular flexibility index (Phi) is 4.38. The predicted octanol–water partition coefficient (Wildman–Crippen LogP) is -0.384. The monoisotopic (exact) mass is 286 g/mol. The Morgan fingerprint density at radius 2 is 1.89 bits per heavy atom. The number of nitrogens with two attached hydrogens (primary N) is 3.